The Hall–Kier alpha value is -3.38. The van der Waals surface area contributed by atoms with Crippen molar-refractivity contribution in [2.75, 3.05) is 5.32 Å². The van der Waals surface area contributed by atoms with Gasteiger partial charge in [0.15, 0.2) is 0 Å². The Labute approximate surface area is 160 Å². The molecule has 0 atom stereocenters. The first kappa shape index (κ1) is 18.4. The molecule has 136 valence electrons. The molecule has 0 spiro atoms. The van der Waals surface area contributed by atoms with Crippen LogP contribution in [0.25, 0.3) is 0 Å². The monoisotopic (exact) mass is 381 g/mol. The van der Waals surface area contributed by atoms with Gasteiger partial charge in [0.25, 0.3) is 11.8 Å². The molecular weight excluding hydrogens is 366 g/mol. The van der Waals surface area contributed by atoms with E-state index < -0.39 is 5.91 Å². The summed E-state index contributed by atoms with van der Waals surface area (Å²) in [5.74, 6) is 0.594. The lowest BCUT2D eigenvalue weighted by molar-refractivity contribution is 0.0953. The zero-order valence-corrected chi connectivity index (χ0v) is 15.2. The van der Waals surface area contributed by atoms with Gasteiger partial charge in [0, 0.05) is 21.8 Å². The molecule has 0 aliphatic carbocycles. The number of benzene rings is 2. The molecule has 2 aromatic carbocycles. The van der Waals surface area contributed by atoms with Crippen LogP contribution in [0.3, 0.4) is 0 Å². The molecule has 3 aromatic rings. The summed E-state index contributed by atoms with van der Waals surface area (Å²) in [6.07, 6.45) is 1.41. The number of nitrogens with zero attached hydrogens (tertiary/aromatic N) is 1. The molecule has 0 saturated heterocycles. The molecular formula is C20H16ClN3O3. The second-order valence-corrected chi connectivity index (χ2v) is 6.13. The number of anilines is 1. The summed E-state index contributed by atoms with van der Waals surface area (Å²) < 4.78 is 5.33. The van der Waals surface area contributed by atoms with Crippen LogP contribution >= 0.6 is 11.6 Å². The number of hydrogen-bond donors (Lipinski definition) is 2. The highest BCUT2D eigenvalue weighted by atomic mass is 35.5. The van der Waals surface area contributed by atoms with E-state index in [2.05, 4.69) is 15.8 Å². The third-order valence-corrected chi connectivity index (χ3v) is 3.86. The number of hydrazone groups is 1. The van der Waals surface area contributed by atoms with Crippen molar-refractivity contribution in [2.45, 2.75) is 6.92 Å². The van der Waals surface area contributed by atoms with Crippen LogP contribution in [-0.4, -0.2) is 18.0 Å². The number of carbonyl (C=O) groups is 2. The summed E-state index contributed by atoms with van der Waals surface area (Å²) in [5, 5.41) is 7.15. The lowest BCUT2D eigenvalue weighted by Crippen LogP contribution is -2.18. The van der Waals surface area contributed by atoms with Gasteiger partial charge in [0.05, 0.1) is 6.21 Å². The van der Waals surface area contributed by atoms with E-state index in [-0.39, 0.29) is 5.91 Å². The van der Waals surface area contributed by atoms with Crippen molar-refractivity contribution >= 4 is 35.3 Å². The summed E-state index contributed by atoms with van der Waals surface area (Å²) in [6, 6.07) is 16.6. The molecule has 0 aliphatic heterocycles. The molecule has 2 N–H and O–H groups in total. The van der Waals surface area contributed by atoms with Gasteiger partial charge >= 0.3 is 0 Å². The quantitative estimate of drug-likeness (QED) is 0.511. The molecule has 1 heterocycles. The van der Waals surface area contributed by atoms with Gasteiger partial charge < -0.3 is 9.73 Å². The van der Waals surface area contributed by atoms with Gasteiger partial charge in [0.2, 0.25) is 0 Å². The predicted octanol–water partition coefficient (Wildman–Crippen LogP) is 4.26. The molecule has 0 unspecified atom stereocenters. The zero-order valence-electron chi connectivity index (χ0n) is 14.4. The Bertz CT molecular complexity index is 994. The molecule has 6 nitrogen and oxygen atoms in total. The van der Waals surface area contributed by atoms with Crippen LogP contribution in [0, 0.1) is 6.92 Å². The minimum atomic E-state index is -0.405. The molecule has 0 bridgehead atoms. The minimum Gasteiger partial charge on any atom is -0.460 e. The zero-order chi connectivity index (χ0) is 19.2. The minimum absolute atomic E-state index is 0.296. The molecule has 0 aliphatic rings. The Balaban J connectivity index is 1.63. The Kier molecular flexibility index (Phi) is 5.68. The van der Waals surface area contributed by atoms with Gasteiger partial charge in [-0.25, -0.2) is 5.43 Å². The van der Waals surface area contributed by atoms with Crippen LogP contribution in [0.15, 0.2) is 70.2 Å². The lowest BCUT2D eigenvalue weighted by atomic mass is 10.1. The Morgan fingerprint density at radius 2 is 1.78 bits per heavy atom. The van der Waals surface area contributed by atoms with E-state index in [0.29, 0.717) is 27.6 Å². The number of furan rings is 1. The van der Waals surface area contributed by atoms with Gasteiger partial charge in [0.1, 0.15) is 11.5 Å². The van der Waals surface area contributed by atoms with Gasteiger partial charge in [-0.3, -0.25) is 9.59 Å². The second kappa shape index (κ2) is 8.33. The number of aryl methyl sites for hydroxylation is 1. The SMILES string of the molecule is Cc1ccc(C=NNC(=O)c2cccc(NC(=O)c3ccc(Cl)cc3)c2)o1. The average Bonchev–Trinajstić information content (AvgIpc) is 3.07. The van der Waals surface area contributed by atoms with Gasteiger partial charge in [-0.05, 0) is 61.5 Å². The van der Waals surface area contributed by atoms with E-state index >= 15 is 0 Å². The number of rotatable bonds is 5. The van der Waals surface area contributed by atoms with E-state index in [4.69, 9.17) is 16.0 Å². The highest BCUT2D eigenvalue weighted by molar-refractivity contribution is 6.30. The van der Waals surface area contributed by atoms with Crippen LogP contribution in [0.1, 0.15) is 32.2 Å². The molecule has 1 aromatic heterocycles. The van der Waals surface area contributed by atoms with E-state index in [9.17, 15) is 9.59 Å². The molecule has 0 saturated carbocycles. The largest absolute Gasteiger partial charge is 0.460 e. The van der Waals surface area contributed by atoms with Crippen molar-refractivity contribution < 1.29 is 14.0 Å². The number of halogens is 1. The first-order valence-electron chi connectivity index (χ1n) is 8.08. The van der Waals surface area contributed by atoms with Crippen molar-refractivity contribution in [3.63, 3.8) is 0 Å². The average molecular weight is 382 g/mol. The number of amides is 2. The van der Waals surface area contributed by atoms with Crippen LogP contribution < -0.4 is 10.7 Å². The fourth-order valence-corrected chi connectivity index (χ4v) is 2.41. The highest BCUT2D eigenvalue weighted by Gasteiger charge is 2.09. The van der Waals surface area contributed by atoms with Crippen molar-refractivity contribution in [1.82, 2.24) is 5.43 Å². The van der Waals surface area contributed by atoms with E-state index in [1.54, 1.807) is 60.7 Å². The molecule has 0 fully saturated rings. The third-order valence-electron chi connectivity index (χ3n) is 3.61. The van der Waals surface area contributed by atoms with Crippen LogP contribution in [-0.2, 0) is 0 Å². The maximum atomic E-state index is 12.2. The van der Waals surface area contributed by atoms with Crippen molar-refractivity contribution in [3.8, 4) is 0 Å². The van der Waals surface area contributed by atoms with E-state index in [0.717, 1.165) is 5.76 Å². The van der Waals surface area contributed by atoms with Gasteiger partial charge in [-0.2, -0.15) is 5.10 Å². The van der Waals surface area contributed by atoms with Crippen LogP contribution in [0.2, 0.25) is 5.02 Å². The highest BCUT2D eigenvalue weighted by Crippen LogP contribution is 2.14. The predicted molar refractivity (Wildman–Crippen MR) is 104 cm³/mol. The fourth-order valence-electron chi connectivity index (χ4n) is 2.28. The van der Waals surface area contributed by atoms with Crippen molar-refractivity contribution in [2.24, 2.45) is 5.10 Å². The Morgan fingerprint density at radius 1 is 1.00 bits per heavy atom. The Morgan fingerprint density at radius 3 is 2.48 bits per heavy atom. The summed E-state index contributed by atoms with van der Waals surface area (Å²) >= 11 is 5.82. The maximum absolute atomic E-state index is 12.2. The molecule has 3 rings (SSSR count). The maximum Gasteiger partial charge on any atom is 0.271 e. The molecule has 7 heteroatoms. The standard InChI is InChI=1S/C20H16ClN3O3/c1-13-5-10-18(27-13)12-22-24-20(26)15-3-2-4-17(11-15)23-19(25)14-6-8-16(21)9-7-14/h2-12H,1H3,(H,23,25)(H,24,26). The van der Waals surface area contributed by atoms with Gasteiger partial charge in [-0.15, -0.1) is 0 Å². The lowest BCUT2D eigenvalue weighted by Gasteiger charge is -2.07. The summed E-state index contributed by atoms with van der Waals surface area (Å²) in [4.78, 5) is 24.5. The molecule has 2 amide bonds. The van der Waals surface area contributed by atoms with E-state index in [1.807, 2.05) is 6.92 Å². The number of hydrogen-bond acceptors (Lipinski definition) is 4. The molecule has 27 heavy (non-hydrogen) atoms. The van der Waals surface area contributed by atoms with E-state index in [1.165, 1.54) is 6.21 Å². The van der Waals surface area contributed by atoms with Crippen LogP contribution in [0.4, 0.5) is 5.69 Å². The summed E-state index contributed by atoms with van der Waals surface area (Å²) in [5.41, 5.74) is 3.74. The first-order chi connectivity index (χ1) is 13.0. The van der Waals surface area contributed by atoms with Crippen molar-refractivity contribution in [1.29, 1.82) is 0 Å². The van der Waals surface area contributed by atoms with Crippen LogP contribution in [0.5, 0.6) is 0 Å². The summed E-state index contributed by atoms with van der Waals surface area (Å²) in [6.45, 7) is 1.82. The van der Waals surface area contributed by atoms with Gasteiger partial charge in [-0.1, -0.05) is 17.7 Å². The number of carbonyl (C=O) groups excluding carboxylic acids is 2. The fraction of sp³-hybridized carbons (Fsp3) is 0.0500. The number of nitrogens with one attached hydrogen (secondary N) is 2. The smallest absolute Gasteiger partial charge is 0.271 e. The topological polar surface area (TPSA) is 83.7 Å². The normalized spacial score (nSPS) is 10.7. The first-order valence-corrected chi connectivity index (χ1v) is 8.46. The third kappa shape index (κ3) is 5.05. The van der Waals surface area contributed by atoms with Crippen molar-refractivity contribution in [3.05, 3.63) is 88.3 Å². The summed E-state index contributed by atoms with van der Waals surface area (Å²) in [7, 11) is 0. The second-order valence-electron chi connectivity index (χ2n) is 5.69. The molecule has 0 radical (unpaired) electrons.